The molecular formula is C51H29N5. The Kier molecular flexibility index (Phi) is 7.57. The van der Waals surface area contributed by atoms with Crippen LogP contribution in [-0.4, -0.2) is 9.13 Å². The highest BCUT2D eigenvalue weighted by Crippen LogP contribution is 2.46. The van der Waals surface area contributed by atoms with E-state index in [0.717, 1.165) is 88.4 Å². The zero-order valence-corrected chi connectivity index (χ0v) is 30.0. The highest BCUT2D eigenvalue weighted by molar-refractivity contribution is 6.18. The molecule has 0 aliphatic heterocycles. The van der Waals surface area contributed by atoms with Crippen molar-refractivity contribution in [1.82, 2.24) is 9.13 Å². The van der Waals surface area contributed by atoms with Gasteiger partial charge in [-0.2, -0.15) is 15.8 Å². The molecule has 5 heteroatoms. The molecule has 0 atom stereocenters. The number of fused-ring (bicyclic) bond motifs is 6. The number of para-hydroxylation sites is 3. The van der Waals surface area contributed by atoms with Crippen molar-refractivity contribution in [2.24, 2.45) is 0 Å². The summed E-state index contributed by atoms with van der Waals surface area (Å²) < 4.78 is 4.46. The van der Waals surface area contributed by atoms with Gasteiger partial charge in [-0.15, -0.1) is 0 Å². The fraction of sp³-hybridized carbons (Fsp3) is 0. The predicted molar refractivity (Wildman–Crippen MR) is 226 cm³/mol. The third-order valence-electron chi connectivity index (χ3n) is 10.9. The van der Waals surface area contributed by atoms with E-state index in [1.54, 1.807) is 0 Å². The summed E-state index contributed by atoms with van der Waals surface area (Å²) in [4.78, 5) is 0. The maximum atomic E-state index is 10.1. The van der Waals surface area contributed by atoms with Crippen LogP contribution in [0.4, 0.5) is 0 Å². The molecule has 0 saturated heterocycles. The van der Waals surface area contributed by atoms with Gasteiger partial charge in [-0.05, 0) is 94.5 Å². The van der Waals surface area contributed by atoms with Crippen LogP contribution in [0.1, 0.15) is 16.7 Å². The summed E-state index contributed by atoms with van der Waals surface area (Å²) in [6.07, 6.45) is 0. The Morgan fingerprint density at radius 1 is 0.357 bits per heavy atom. The summed E-state index contributed by atoms with van der Waals surface area (Å²) in [5.41, 5.74) is 14.0. The maximum absolute atomic E-state index is 10.1. The lowest BCUT2D eigenvalue weighted by Gasteiger charge is -2.17. The Hall–Kier alpha value is -8.17. The smallest absolute Gasteiger partial charge is 0.101 e. The molecule has 0 N–H and O–H groups in total. The van der Waals surface area contributed by atoms with Crippen LogP contribution >= 0.6 is 0 Å². The first kappa shape index (κ1) is 32.5. The van der Waals surface area contributed by atoms with Crippen LogP contribution in [0, 0.1) is 34.0 Å². The van der Waals surface area contributed by atoms with Crippen molar-refractivity contribution in [1.29, 1.82) is 15.8 Å². The number of nitriles is 3. The molecule has 2 heterocycles. The molecule has 258 valence electrons. The van der Waals surface area contributed by atoms with E-state index in [1.807, 2.05) is 66.7 Å². The van der Waals surface area contributed by atoms with Crippen molar-refractivity contribution in [3.63, 3.8) is 0 Å². The zero-order chi connectivity index (χ0) is 37.8. The molecule has 56 heavy (non-hydrogen) atoms. The van der Waals surface area contributed by atoms with Gasteiger partial charge in [-0.25, -0.2) is 0 Å². The number of hydrogen-bond acceptors (Lipinski definition) is 3. The molecular weight excluding hydrogens is 683 g/mol. The minimum absolute atomic E-state index is 0.572. The molecule has 0 unspecified atom stereocenters. The van der Waals surface area contributed by atoms with Crippen molar-refractivity contribution in [3.8, 4) is 63.0 Å². The number of aromatic nitrogens is 2. The van der Waals surface area contributed by atoms with Gasteiger partial charge in [0.15, 0.2) is 0 Å². The van der Waals surface area contributed by atoms with Gasteiger partial charge in [-0.3, -0.25) is 0 Å². The largest absolute Gasteiger partial charge is 0.309 e. The quantitative estimate of drug-likeness (QED) is 0.178. The standard InChI is InChI=1S/C51H29N5/c52-30-33-23-26-36(27-24-33)55-47-21-8-6-16-41(47)44-19-9-18-43(51(44)55)40-15-5-3-13-38(40)37-12-2-4-14-39(37)42-17-10-22-49-50(42)45-29-34(31-53)25-28-48(45)56(49)46-20-7-1-11-35(46)32-54/h1-29H. The Morgan fingerprint density at radius 2 is 0.893 bits per heavy atom. The number of benzene rings is 8. The van der Waals surface area contributed by atoms with Crippen LogP contribution in [0.25, 0.3) is 88.4 Å². The van der Waals surface area contributed by atoms with Gasteiger partial charge in [0, 0.05) is 32.8 Å². The molecule has 0 fully saturated rings. The lowest BCUT2D eigenvalue weighted by molar-refractivity contribution is 1.17. The molecule has 2 aromatic heterocycles. The normalized spacial score (nSPS) is 11.2. The van der Waals surface area contributed by atoms with E-state index in [-0.39, 0.29) is 0 Å². The molecule has 0 aliphatic carbocycles. The molecule has 0 radical (unpaired) electrons. The Balaban J connectivity index is 1.25. The number of hydrogen-bond donors (Lipinski definition) is 0. The average Bonchev–Trinajstić information content (AvgIpc) is 3.79. The molecule has 10 rings (SSSR count). The van der Waals surface area contributed by atoms with Crippen molar-refractivity contribution in [2.45, 2.75) is 0 Å². The maximum Gasteiger partial charge on any atom is 0.101 e. The van der Waals surface area contributed by atoms with Crippen LogP contribution in [0.3, 0.4) is 0 Å². The molecule has 8 aromatic carbocycles. The summed E-state index contributed by atoms with van der Waals surface area (Å²) >= 11 is 0. The van der Waals surface area contributed by atoms with Gasteiger partial charge in [0.25, 0.3) is 0 Å². The first-order valence-corrected chi connectivity index (χ1v) is 18.4. The molecule has 0 saturated carbocycles. The van der Waals surface area contributed by atoms with Crippen LogP contribution in [0.5, 0.6) is 0 Å². The zero-order valence-electron chi connectivity index (χ0n) is 30.0. The van der Waals surface area contributed by atoms with Crippen LogP contribution < -0.4 is 0 Å². The second-order valence-electron chi connectivity index (χ2n) is 13.8. The monoisotopic (exact) mass is 711 g/mol. The Morgan fingerprint density at radius 3 is 1.62 bits per heavy atom. The highest BCUT2D eigenvalue weighted by Gasteiger charge is 2.22. The molecule has 0 aliphatic rings. The topological polar surface area (TPSA) is 81.2 Å². The van der Waals surface area contributed by atoms with Crippen molar-refractivity contribution >= 4 is 43.6 Å². The third-order valence-corrected chi connectivity index (χ3v) is 10.9. The van der Waals surface area contributed by atoms with Crippen molar-refractivity contribution in [3.05, 3.63) is 193 Å². The minimum atomic E-state index is 0.572. The van der Waals surface area contributed by atoms with Gasteiger partial charge < -0.3 is 9.13 Å². The predicted octanol–water partition coefficient (Wildman–Crippen LogP) is 12.5. The summed E-state index contributed by atoms with van der Waals surface area (Å²) in [7, 11) is 0. The summed E-state index contributed by atoms with van der Waals surface area (Å²) in [6, 6.07) is 66.7. The van der Waals surface area contributed by atoms with Gasteiger partial charge in [0.1, 0.15) is 6.07 Å². The Labute approximate surface area is 323 Å². The van der Waals surface area contributed by atoms with Crippen molar-refractivity contribution in [2.75, 3.05) is 0 Å². The van der Waals surface area contributed by atoms with E-state index in [0.29, 0.717) is 16.7 Å². The van der Waals surface area contributed by atoms with E-state index in [1.165, 1.54) is 0 Å². The van der Waals surface area contributed by atoms with E-state index in [2.05, 4.69) is 137 Å². The van der Waals surface area contributed by atoms with E-state index in [9.17, 15) is 15.8 Å². The van der Waals surface area contributed by atoms with Crippen LogP contribution in [-0.2, 0) is 0 Å². The molecule has 0 amide bonds. The first-order chi connectivity index (χ1) is 27.7. The third kappa shape index (κ3) is 4.92. The van der Waals surface area contributed by atoms with Gasteiger partial charge >= 0.3 is 0 Å². The summed E-state index contributed by atoms with van der Waals surface area (Å²) in [5, 5.41) is 34.0. The molecule has 5 nitrogen and oxygen atoms in total. The van der Waals surface area contributed by atoms with Gasteiger partial charge in [0.05, 0.1) is 56.6 Å². The SMILES string of the molecule is N#Cc1ccc(-n2c3ccccc3c3cccc(-c4ccccc4-c4ccccc4-c4cccc5c4c4cc(C#N)ccc4n5-c4ccccc4C#N)c32)cc1. The fourth-order valence-electron chi connectivity index (χ4n) is 8.48. The van der Waals surface area contributed by atoms with Crippen molar-refractivity contribution < 1.29 is 0 Å². The van der Waals surface area contributed by atoms with Gasteiger partial charge in [0.2, 0.25) is 0 Å². The number of nitrogens with zero attached hydrogens (tertiary/aromatic N) is 5. The lowest BCUT2D eigenvalue weighted by atomic mass is 9.87. The number of rotatable bonds is 5. The van der Waals surface area contributed by atoms with E-state index < -0.39 is 0 Å². The fourth-order valence-corrected chi connectivity index (χ4v) is 8.48. The van der Waals surface area contributed by atoms with E-state index in [4.69, 9.17) is 0 Å². The van der Waals surface area contributed by atoms with Gasteiger partial charge in [-0.1, -0.05) is 109 Å². The first-order valence-electron chi connectivity index (χ1n) is 18.4. The molecule has 10 aromatic rings. The lowest BCUT2D eigenvalue weighted by Crippen LogP contribution is -1.97. The summed E-state index contributed by atoms with van der Waals surface area (Å²) in [6.45, 7) is 0. The van der Waals surface area contributed by atoms with Crippen LogP contribution in [0.15, 0.2) is 176 Å². The van der Waals surface area contributed by atoms with Crippen LogP contribution in [0.2, 0.25) is 0 Å². The minimum Gasteiger partial charge on any atom is -0.309 e. The second kappa shape index (κ2) is 13.0. The molecule has 0 bridgehead atoms. The average molecular weight is 712 g/mol. The Bertz CT molecular complexity index is 3340. The second-order valence-corrected chi connectivity index (χ2v) is 13.8. The summed E-state index contributed by atoms with van der Waals surface area (Å²) in [5.74, 6) is 0. The highest BCUT2D eigenvalue weighted by atomic mass is 15.0. The molecule has 0 spiro atoms. The van der Waals surface area contributed by atoms with E-state index >= 15 is 0 Å².